The molecule has 0 bridgehead atoms. The molecule has 1 saturated heterocycles. The molecule has 1 heterocycles. The lowest BCUT2D eigenvalue weighted by Gasteiger charge is -2.22. The van der Waals surface area contributed by atoms with E-state index in [1.54, 1.807) is 0 Å². The second-order valence-corrected chi connectivity index (χ2v) is 6.03. The maximum Gasteiger partial charge on any atom is 0.138 e. The van der Waals surface area contributed by atoms with E-state index in [0.717, 1.165) is 53.9 Å². The molecule has 1 N–H and O–H groups in total. The van der Waals surface area contributed by atoms with Crippen LogP contribution in [0.1, 0.15) is 30.4 Å². The Kier molecular flexibility index (Phi) is 7.46. The van der Waals surface area contributed by atoms with Crippen LogP contribution in [0.25, 0.3) is 0 Å². The maximum atomic E-state index is 6.27. The van der Waals surface area contributed by atoms with E-state index in [4.69, 9.17) is 27.9 Å². The van der Waals surface area contributed by atoms with Crippen molar-refractivity contribution in [2.75, 3.05) is 19.7 Å². The number of aryl methyl sites for hydroxylation is 1. The molecule has 0 unspecified atom stereocenters. The molecule has 20 heavy (non-hydrogen) atoms. The van der Waals surface area contributed by atoms with E-state index < -0.39 is 0 Å². The Hall–Kier alpha value is -0.150. The first-order chi connectivity index (χ1) is 9.09. The number of hydrogen-bond donors (Lipinski definition) is 1. The highest BCUT2D eigenvalue weighted by molar-refractivity contribution is 6.37. The van der Waals surface area contributed by atoms with Crippen molar-refractivity contribution in [3.63, 3.8) is 0 Å². The standard InChI is InChI=1S/C15H21Cl2NO.ClH/c1-10-9-13(15(17)11(2)14(10)16)19-8-5-12-3-6-18-7-4-12;/h9,12,18H,3-8H2,1-2H3;1H. The lowest BCUT2D eigenvalue weighted by atomic mass is 9.95. The smallest absolute Gasteiger partial charge is 0.138 e. The highest BCUT2D eigenvalue weighted by Crippen LogP contribution is 2.35. The average Bonchev–Trinajstić information content (AvgIpc) is 2.43. The normalized spacial score (nSPS) is 15.8. The number of piperidine rings is 1. The number of ether oxygens (including phenoxy) is 1. The fraction of sp³-hybridized carbons (Fsp3) is 0.600. The fourth-order valence-electron chi connectivity index (χ4n) is 2.51. The van der Waals surface area contributed by atoms with Crippen molar-refractivity contribution in [1.29, 1.82) is 0 Å². The minimum atomic E-state index is 0. The van der Waals surface area contributed by atoms with Crippen molar-refractivity contribution in [3.05, 3.63) is 27.2 Å². The summed E-state index contributed by atoms with van der Waals surface area (Å²) in [5, 5.41) is 4.75. The summed E-state index contributed by atoms with van der Waals surface area (Å²) in [6, 6.07) is 1.93. The Balaban J connectivity index is 0.00000200. The Bertz CT molecular complexity index is 445. The summed E-state index contributed by atoms with van der Waals surface area (Å²) in [6.07, 6.45) is 3.59. The number of rotatable bonds is 4. The van der Waals surface area contributed by atoms with Gasteiger partial charge in [-0.2, -0.15) is 0 Å². The van der Waals surface area contributed by atoms with Gasteiger partial charge in [0.2, 0.25) is 0 Å². The molecule has 0 spiro atoms. The molecule has 0 radical (unpaired) electrons. The molecule has 2 rings (SSSR count). The molecule has 1 aromatic carbocycles. The number of nitrogens with one attached hydrogen (secondary N) is 1. The van der Waals surface area contributed by atoms with Crippen LogP contribution in [0.5, 0.6) is 5.75 Å². The SMILES string of the molecule is Cc1cc(OCCC2CCNCC2)c(Cl)c(C)c1Cl.Cl. The number of benzene rings is 1. The molecule has 114 valence electrons. The van der Waals surface area contributed by atoms with Gasteiger partial charge in [-0.15, -0.1) is 12.4 Å². The van der Waals surface area contributed by atoms with E-state index in [2.05, 4.69) is 5.32 Å². The summed E-state index contributed by atoms with van der Waals surface area (Å²) in [6.45, 7) is 6.89. The topological polar surface area (TPSA) is 21.3 Å². The van der Waals surface area contributed by atoms with Gasteiger partial charge in [-0.3, -0.25) is 0 Å². The van der Waals surface area contributed by atoms with Crippen molar-refractivity contribution in [2.24, 2.45) is 5.92 Å². The monoisotopic (exact) mass is 337 g/mol. The van der Waals surface area contributed by atoms with E-state index in [9.17, 15) is 0 Å². The van der Waals surface area contributed by atoms with Crippen LogP contribution in [-0.2, 0) is 0 Å². The van der Waals surface area contributed by atoms with Crippen molar-refractivity contribution >= 4 is 35.6 Å². The number of hydrogen-bond acceptors (Lipinski definition) is 2. The minimum absolute atomic E-state index is 0. The van der Waals surface area contributed by atoms with Crippen LogP contribution in [0.3, 0.4) is 0 Å². The third-order valence-corrected chi connectivity index (χ3v) is 4.86. The van der Waals surface area contributed by atoms with E-state index in [0.29, 0.717) is 5.02 Å². The zero-order valence-electron chi connectivity index (χ0n) is 12.0. The largest absolute Gasteiger partial charge is 0.492 e. The van der Waals surface area contributed by atoms with Crippen LogP contribution in [0.4, 0.5) is 0 Å². The zero-order chi connectivity index (χ0) is 13.8. The first-order valence-electron chi connectivity index (χ1n) is 6.88. The molecule has 0 aliphatic carbocycles. The van der Waals surface area contributed by atoms with Gasteiger partial charge in [0.05, 0.1) is 11.6 Å². The van der Waals surface area contributed by atoms with Crippen molar-refractivity contribution in [3.8, 4) is 5.75 Å². The van der Waals surface area contributed by atoms with E-state index in [1.165, 1.54) is 12.8 Å². The molecule has 2 nitrogen and oxygen atoms in total. The second-order valence-electron chi connectivity index (χ2n) is 5.28. The van der Waals surface area contributed by atoms with Gasteiger partial charge in [0.1, 0.15) is 5.75 Å². The van der Waals surface area contributed by atoms with Gasteiger partial charge >= 0.3 is 0 Å². The quantitative estimate of drug-likeness (QED) is 0.851. The second kappa shape index (κ2) is 8.33. The molecule has 1 aromatic rings. The van der Waals surface area contributed by atoms with Gasteiger partial charge in [0.15, 0.2) is 0 Å². The highest BCUT2D eigenvalue weighted by Gasteiger charge is 2.14. The Labute approximate surface area is 137 Å². The first kappa shape index (κ1) is 17.9. The van der Waals surface area contributed by atoms with E-state index in [1.807, 2.05) is 19.9 Å². The fourth-order valence-corrected chi connectivity index (χ4v) is 2.91. The van der Waals surface area contributed by atoms with Crippen molar-refractivity contribution in [1.82, 2.24) is 5.32 Å². The molecule has 0 atom stereocenters. The van der Waals surface area contributed by atoms with Crippen LogP contribution >= 0.6 is 35.6 Å². The molecule has 0 aromatic heterocycles. The van der Waals surface area contributed by atoms with Gasteiger partial charge < -0.3 is 10.1 Å². The van der Waals surface area contributed by atoms with Gasteiger partial charge in [0, 0.05) is 5.02 Å². The zero-order valence-corrected chi connectivity index (χ0v) is 14.3. The summed E-state index contributed by atoms with van der Waals surface area (Å²) < 4.78 is 5.85. The summed E-state index contributed by atoms with van der Waals surface area (Å²) >= 11 is 12.4. The summed E-state index contributed by atoms with van der Waals surface area (Å²) in [5.74, 6) is 1.53. The molecule has 5 heteroatoms. The van der Waals surface area contributed by atoms with Gasteiger partial charge in [-0.1, -0.05) is 23.2 Å². The lowest BCUT2D eigenvalue weighted by molar-refractivity contribution is 0.252. The summed E-state index contributed by atoms with van der Waals surface area (Å²) in [4.78, 5) is 0. The van der Waals surface area contributed by atoms with Crippen LogP contribution in [-0.4, -0.2) is 19.7 Å². The Morgan fingerprint density at radius 3 is 2.50 bits per heavy atom. The predicted molar refractivity (Wildman–Crippen MR) is 88.9 cm³/mol. The van der Waals surface area contributed by atoms with E-state index in [-0.39, 0.29) is 12.4 Å². The Morgan fingerprint density at radius 2 is 1.85 bits per heavy atom. The van der Waals surface area contributed by atoms with Crippen molar-refractivity contribution in [2.45, 2.75) is 33.1 Å². The van der Waals surface area contributed by atoms with Gasteiger partial charge in [0.25, 0.3) is 0 Å². The van der Waals surface area contributed by atoms with Crippen LogP contribution in [0, 0.1) is 19.8 Å². The first-order valence-corrected chi connectivity index (χ1v) is 7.64. The molecular weight excluding hydrogens is 317 g/mol. The van der Waals surface area contributed by atoms with Crippen LogP contribution in [0.2, 0.25) is 10.0 Å². The highest BCUT2D eigenvalue weighted by atomic mass is 35.5. The van der Waals surface area contributed by atoms with Gasteiger partial charge in [-0.05, 0) is 69.3 Å². The third-order valence-electron chi connectivity index (χ3n) is 3.81. The van der Waals surface area contributed by atoms with Crippen LogP contribution in [0.15, 0.2) is 6.07 Å². The van der Waals surface area contributed by atoms with Crippen molar-refractivity contribution < 1.29 is 4.74 Å². The van der Waals surface area contributed by atoms with E-state index >= 15 is 0 Å². The average molecular weight is 339 g/mol. The Morgan fingerprint density at radius 1 is 1.20 bits per heavy atom. The van der Waals surface area contributed by atoms with Crippen LogP contribution < -0.4 is 10.1 Å². The molecule has 1 aliphatic heterocycles. The maximum absolute atomic E-state index is 6.27. The molecule has 1 fully saturated rings. The summed E-state index contributed by atoms with van der Waals surface area (Å²) in [7, 11) is 0. The molecule has 0 amide bonds. The lowest BCUT2D eigenvalue weighted by Crippen LogP contribution is -2.28. The molecule has 1 aliphatic rings. The predicted octanol–water partition coefficient (Wildman–Crippen LogP) is 4.80. The summed E-state index contributed by atoms with van der Waals surface area (Å²) in [5.41, 5.74) is 1.92. The molecular formula is C15H22Cl3NO. The minimum Gasteiger partial charge on any atom is -0.492 e. The third kappa shape index (κ3) is 4.42. The van der Waals surface area contributed by atoms with Gasteiger partial charge in [-0.25, -0.2) is 0 Å². The number of halogens is 3. The molecule has 0 saturated carbocycles.